The molecule has 3 rings (SSSR count). The van der Waals surface area contributed by atoms with E-state index in [2.05, 4.69) is 0 Å². The number of halogens is 1. The van der Waals surface area contributed by atoms with Crippen LogP contribution in [-0.4, -0.2) is 60.4 Å². The predicted octanol–water partition coefficient (Wildman–Crippen LogP) is 4.30. The van der Waals surface area contributed by atoms with E-state index in [1.807, 2.05) is 56.3 Å². The normalized spacial score (nSPS) is 15.5. The van der Waals surface area contributed by atoms with Gasteiger partial charge >= 0.3 is 0 Å². The Hall–Kier alpha value is -2.57. The molecule has 31 heavy (non-hydrogen) atoms. The minimum Gasteiger partial charge on any atom is -0.344 e. The molecule has 0 radical (unpaired) electrons. The number of carbonyl (C=O) groups excluding carboxylic acids is 1. The summed E-state index contributed by atoms with van der Waals surface area (Å²) in [5.41, 5.74) is 5.52. The quantitative estimate of drug-likeness (QED) is 0.645. The molecular formula is C25H29FN2O2S. The van der Waals surface area contributed by atoms with Crippen LogP contribution in [0.3, 0.4) is 0 Å². The van der Waals surface area contributed by atoms with E-state index in [9.17, 15) is 13.4 Å². The van der Waals surface area contributed by atoms with Gasteiger partial charge in [-0.05, 0) is 84.8 Å². The molecule has 164 valence electrons. The Kier molecular flexibility index (Phi) is 7.23. The summed E-state index contributed by atoms with van der Waals surface area (Å²) in [6.45, 7) is 3.42. The maximum Gasteiger partial charge on any atom is 0.226 e. The molecule has 0 spiro atoms. The Bertz CT molecular complexity index is 1070. The number of carbonyl (C=O) groups is 1. The number of nitrogens with zero attached hydrogens (tertiary/aromatic N) is 2. The van der Waals surface area contributed by atoms with E-state index in [4.69, 9.17) is 0 Å². The van der Waals surface area contributed by atoms with Crippen molar-refractivity contribution in [2.75, 3.05) is 40.5 Å². The molecule has 1 atom stereocenters. The molecule has 0 bridgehead atoms. The highest BCUT2D eigenvalue weighted by Crippen LogP contribution is 2.44. The van der Waals surface area contributed by atoms with Crippen molar-refractivity contribution < 1.29 is 13.4 Å². The van der Waals surface area contributed by atoms with Crippen LogP contribution in [0.25, 0.3) is 17.2 Å². The van der Waals surface area contributed by atoms with E-state index < -0.39 is 10.8 Å². The molecule has 0 heterocycles. The Morgan fingerprint density at radius 2 is 1.71 bits per heavy atom. The van der Waals surface area contributed by atoms with Gasteiger partial charge in [-0.1, -0.05) is 18.2 Å². The number of hydrogen-bond acceptors (Lipinski definition) is 3. The molecule has 0 aliphatic heterocycles. The summed E-state index contributed by atoms with van der Waals surface area (Å²) in [5.74, 6) is -0.295. The van der Waals surface area contributed by atoms with Crippen molar-refractivity contribution in [1.29, 1.82) is 0 Å². The SMILES string of the molecule is CC1=C(CC(=O)N(C)CCN(C)C)c2cc(F)ccc2C1=Cc1ccc(S(C)=O)cc1. The Labute approximate surface area is 186 Å². The zero-order valence-corrected chi connectivity index (χ0v) is 19.6. The number of rotatable bonds is 7. The standard InChI is InChI=1S/C25H29FN2O2S/c1-17-22(14-18-6-9-20(10-7-18)31(5)30)21-11-8-19(26)15-24(21)23(17)16-25(29)28(4)13-12-27(2)3/h6-11,14-15H,12-13,16H2,1-5H3. The average Bonchev–Trinajstić information content (AvgIpc) is 2.97. The molecule has 1 unspecified atom stereocenters. The first-order valence-corrected chi connectivity index (χ1v) is 11.8. The van der Waals surface area contributed by atoms with E-state index in [0.717, 1.165) is 44.8 Å². The highest BCUT2D eigenvalue weighted by molar-refractivity contribution is 7.84. The van der Waals surface area contributed by atoms with Crippen LogP contribution in [0, 0.1) is 5.82 Å². The summed E-state index contributed by atoms with van der Waals surface area (Å²) < 4.78 is 25.7. The van der Waals surface area contributed by atoms with Crippen molar-refractivity contribution in [3.63, 3.8) is 0 Å². The zero-order chi connectivity index (χ0) is 22.7. The average molecular weight is 441 g/mol. The highest BCUT2D eigenvalue weighted by atomic mass is 32.2. The second-order valence-corrected chi connectivity index (χ2v) is 9.55. The van der Waals surface area contributed by atoms with Crippen LogP contribution in [-0.2, 0) is 15.6 Å². The summed E-state index contributed by atoms with van der Waals surface area (Å²) >= 11 is 0. The molecule has 0 N–H and O–H groups in total. The highest BCUT2D eigenvalue weighted by Gasteiger charge is 2.26. The van der Waals surface area contributed by atoms with Crippen molar-refractivity contribution in [2.24, 2.45) is 0 Å². The van der Waals surface area contributed by atoms with Gasteiger partial charge < -0.3 is 9.80 Å². The third kappa shape index (κ3) is 5.38. The van der Waals surface area contributed by atoms with Gasteiger partial charge in [0.15, 0.2) is 0 Å². The van der Waals surface area contributed by atoms with Crippen LogP contribution in [0.4, 0.5) is 4.39 Å². The van der Waals surface area contributed by atoms with Crippen molar-refractivity contribution in [3.05, 3.63) is 70.5 Å². The summed E-state index contributed by atoms with van der Waals surface area (Å²) in [6.07, 6.45) is 3.93. The van der Waals surface area contributed by atoms with Gasteiger partial charge in [-0.15, -0.1) is 0 Å². The smallest absolute Gasteiger partial charge is 0.226 e. The van der Waals surface area contributed by atoms with E-state index in [1.165, 1.54) is 12.1 Å². The molecular weight excluding hydrogens is 411 g/mol. The minimum absolute atomic E-state index is 0.0161. The fraction of sp³-hybridized carbons (Fsp3) is 0.320. The molecule has 4 nitrogen and oxygen atoms in total. The van der Waals surface area contributed by atoms with Crippen LogP contribution in [0.15, 0.2) is 52.9 Å². The third-order valence-electron chi connectivity index (χ3n) is 5.61. The molecule has 0 saturated heterocycles. The monoisotopic (exact) mass is 440 g/mol. The van der Waals surface area contributed by atoms with Crippen LogP contribution >= 0.6 is 0 Å². The Balaban J connectivity index is 1.95. The first kappa shape index (κ1) is 23.1. The fourth-order valence-electron chi connectivity index (χ4n) is 3.66. The summed E-state index contributed by atoms with van der Waals surface area (Å²) in [7, 11) is 4.73. The number of likely N-dealkylation sites (N-methyl/N-ethyl adjacent to an activating group) is 2. The van der Waals surface area contributed by atoms with E-state index in [-0.39, 0.29) is 18.1 Å². The van der Waals surface area contributed by atoms with Crippen LogP contribution in [0.2, 0.25) is 0 Å². The molecule has 1 aliphatic carbocycles. The zero-order valence-electron chi connectivity index (χ0n) is 18.7. The fourth-order valence-corrected chi connectivity index (χ4v) is 4.18. The van der Waals surface area contributed by atoms with Crippen molar-refractivity contribution in [1.82, 2.24) is 9.80 Å². The van der Waals surface area contributed by atoms with Crippen molar-refractivity contribution in [3.8, 4) is 0 Å². The van der Waals surface area contributed by atoms with E-state index in [1.54, 1.807) is 24.3 Å². The molecule has 0 fully saturated rings. The molecule has 0 saturated carbocycles. The number of fused-ring (bicyclic) bond motifs is 1. The lowest BCUT2D eigenvalue weighted by atomic mass is 10.0. The third-order valence-corrected chi connectivity index (χ3v) is 6.55. The lowest BCUT2D eigenvalue weighted by Gasteiger charge is -2.20. The maximum absolute atomic E-state index is 14.1. The molecule has 2 aromatic carbocycles. The predicted molar refractivity (Wildman–Crippen MR) is 126 cm³/mol. The van der Waals surface area contributed by atoms with Gasteiger partial charge in [0.25, 0.3) is 0 Å². The molecule has 1 amide bonds. The minimum atomic E-state index is -1.03. The van der Waals surface area contributed by atoms with Gasteiger partial charge in [0, 0.05) is 42.1 Å². The van der Waals surface area contributed by atoms with Crippen molar-refractivity contribution >= 4 is 33.9 Å². The van der Waals surface area contributed by atoms with Crippen LogP contribution in [0.1, 0.15) is 30.0 Å². The Morgan fingerprint density at radius 1 is 1.03 bits per heavy atom. The summed E-state index contributed by atoms with van der Waals surface area (Å²) in [6, 6.07) is 12.3. The van der Waals surface area contributed by atoms with Gasteiger partial charge in [-0.25, -0.2) is 4.39 Å². The van der Waals surface area contributed by atoms with Crippen LogP contribution < -0.4 is 0 Å². The second kappa shape index (κ2) is 9.71. The first-order chi connectivity index (χ1) is 14.7. The molecule has 2 aromatic rings. The maximum atomic E-state index is 14.1. The van der Waals surface area contributed by atoms with Gasteiger partial charge in [-0.3, -0.25) is 9.00 Å². The van der Waals surface area contributed by atoms with Crippen molar-refractivity contribution in [2.45, 2.75) is 18.2 Å². The topological polar surface area (TPSA) is 40.6 Å². The van der Waals surface area contributed by atoms with Gasteiger partial charge in [-0.2, -0.15) is 0 Å². The van der Waals surface area contributed by atoms with Gasteiger partial charge in [0.2, 0.25) is 5.91 Å². The van der Waals surface area contributed by atoms with E-state index >= 15 is 0 Å². The first-order valence-electron chi connectivity index (χ1n) is 10.2. The van der Waals surface area contributed by atoms with E-state index in [0.29, 0.717) is 6.54 Å². The number of hydrogen-bond donors (Lipinski definition) is 0. The number of benzene rings is 2. The second-order valence-electron chi connectivity index (χ2n) is 8.17. The molecule has 6 heteroatoms. The molecule has 0 aromatic heterocycles. The van der Waals surface area contributed by atoms with Gasteiger partial charge in [0.1, 0.15) is 5.82 Å². The number of allylic oxidation sites excluding steroid dienone is 2. The number of amides is 1. The van der Waals surface area contributed by atoms with Crippen LogP contribution in [0.5, 0.6) is 0 Å². The Morgan fingerprint density at radius 3 is 2.32 bits per heavy atom. The lowest BCUT2D eigenvalue weighted by Crippen LogP contribution is -2.33. The largest absolute Gasteiger partial charge is 0.344 e. The van der Waals surface area contributed by atoms with Gasteiger partial charge in [0.05, 0.1) is 6.42 Å². The summed E-state index contributed by atoms with van der Waals surface area (Å²) in [4.78, 5) is 17.4. The molecule has 1 aliphatic rings. The lowest BCUT2D eigenvalue weighted by molar-refractivity contribution is -0.128. The summed E-state index contributed by atoms with van der Waals surface area (Å²) in [5, 5.41) is 0.